The van der Waals surface area contributed by atoms with Crippen molar-refractivity contribution >= 4 is 0 Å². The molecule has 0 saturated heterocycles. The molecule has 186 valence electrons. The van der Waals surface area contributed by atoms with E-state index >= 15 is 8.78 Å². The summed E-state index contributed by atoms with van der Waals surface area (Å²) in [5, 5.41) is 0. The first-order chi connectivity index (χ1) is 16.5. The van der Waals surface area contributed by atoms with Crippen LogP contribution in [0.25, 0.3) is 11.1 Å². The van der Waals surface area contributed by atoms with E-state index in [0.29, 0.717) is 23.0 Å². The van der Waals surface area contributed by atoms with E-state index in [9.17, 15) is 0 Å². The van der Waals surface area contributed by atoms with E-state index in [0.717, 1.165) is 43.6 Å². The van der Waals surface area contributed by atoms with Gasteiger partial charge in [0.05, 0.1) is 6.10 Å². The molecule has 34 heavy (non-hydrogen) atoms. The van der Waals surface area contributed by atoms with Crippen LogP contribution in [0, 0.1) is 23.5 Å². The number of benzene rings is 2. The molecule has 1 atom stereocenters. The van der Waals surface area contributed by atoms with Gasteiger partial charge in [0.25, 0.3) is 0 Å². The third-order valence-corrected chi connectivity index (χ3v) is 8.79. The van der Waals surface area contributed by atoms with Gasteiger partial charge in [-0.3, -0.25) is 0 Å². The molecule has 2 aliphatic rings. The minimum Gasteiger partial charge on any atom is -0.381 e. The summed E-state index contributed by atoms with van der Waals surface area (Å²) in [4.78, 5) is 0. The lowest BCUT2D eigenvalue weighted by Gasteiger charge is -2.33. The van der Waals surface area contributed by atoms with Gasteiger partial charge in [0.2, 0.25) is 0 Å². The molecular weight excluding hydrogens is 426 g/mol. The molecule has 0 bridgehead atoms. The van der Waals surface area contributed by atoms with Crippen LogP contribution in [-0.4, -0.2) is 13.2 Å². The first kappa shape index (κ1) is 25.4. The fourth-order valence-corrected chi connectivity index (χ4v) is 6.72. The summed E-state index contributed by atoms with van der Waals surface area (Å²) in [6.07, 6.45) is 12.8. The summed E-state index contributed by atoms with van der Waals surface area (Å²) in [7, 11) is 1.78. The van der Waals surface area contributed by atoms with Gasteiger partial charge in [-0.05, 0) is 98.1 Å². The number of methoxy groups -OCH3 is 1. The quantitative estimate of drug-likeness (QED) is 0.375. The standard InChI is InChI=1S/C31H42F2O/c1-4-6-21-7-9-22(10-8-21)23-11-13-24(14-12-23)27-19-20-28(31(33)30(27)32)25-15-17-26(18-16-25)29(5-2)34-3/h11-14,19-22,25-26,29H,4-10,15-18H2,1-3H3. The molecule has 0 N–H and O–H groups in total. The Morgan fingerprint density at radius 1 is 0.794 bits per heavy atom. The van der Waals surface area contributed by atoms with E-state index in [1.54, 1.807) is 13.2 Å². The third-order valence-electron chi connectivity index (χ3n) is 8.79. The van der Waals surface area contributed by atoms with Crippen molar-refractivity contribution in [3.8, 4) is 11.1 Å². The molecular formula is C31H42F2O. The molecule has 1 unspecified atom stereocenters. The predicted molar refractivity (Wildman–Crippen MR) is 137 cm³/mol. The first-order valence-electron chi connectivity index (χ1n) is 13.7. The lowest BCUT2D eigenvalue weighted by atomic mass is 9.75. The number of hydrogen-bond donors (Lipinski definition) is 0. The number of halogens is 2. The van der Waals surface area contributed by atoms with Gasteiger partial charge < -0.3 is 4.74 Å². The first-order valence-corrected chi connectivity index (χ1v) is 13.7. The van der Waals surface area contributed by atoms with Crippen LogP contribution in [0.1, 0.15) is 107 Å². The summed E-state index contributed by atoms with van der Waals surface area (Å²) < 4.78 is 36.0. The zero-order valence-electron chi connectivity index (χ0n) is 21.3. The van der Waals surface area contributed by atoms with Gasteiger partial charge in [-0.25, -0.2) is 8.78 Å². The lowest BCUT2D eigenvalue weighted by molar-refractivity contribution is 0.0314. The predicted octanol–water partition coefficient (Wildman–Crippen LogP) is 9.40. The second-order valence-electron chi connectivity index (χ2n) is 10.8. The fraction of sp³-hybridized carbons (Fsp3) is 0.613. The maximum Gasteiger partial charge on any atom is 0.166 e. The fourth-order valence-electron chi connectivity index (χ4n) is 6.72. The zero-order chi connectivity index (χ0) is 24.1. The van der Waals surface area contributed by atoms with Crippen LogP contribution in [-0.2, 0) is 4.74 Å². The van der Waals surface area contributed by atoms with Crippen molar-refractivity contribution < 1.29 is 13.5 Å². The molecule has 2 aliphatic carbocycles. The molecule has 0 amide bonds. The molecule has 0 heterocycles. The van der Waals surface area contributed by atoms with E-state index in [-0.39, 0.29) is 12.0 Å². The van der Waals surface area contributed by atoms with Crippen molar-refractivity contribution in [1.82, 2.24) is 0 Å². The van der Waals surface area contributed by atoms with Crippen molar-refractivity contribution in [1.29, 1.82) is 0 Å². The number of ether oxygens (including phenoxy) is 1. The lowest BCUT2D eigenvalue weighted by Crippen LogP contribution is -2.26. The second kappa shape index (κ2) is 11.8. The summed E-state index contributed by atoms with van der Waals surface area (Å²) in [6.45, 7) is 4.42. The van der Waals surface area contributed by atoms with Gasteiger partial charge in [-0.2, -0.15) is 0 Å². The Morgan fingerprint density at radius 3 is 2.03 bits per heavy atom. The van der Waals surface area contributed by atoms with E-state index < -0.39 is 11.6 Å². The van der Waals surface area contributed by atoms with Crippen molar-refractivity contribution in [3.63, 3.8) is 0 Å². The van der Waals surface area contributed by atoms with E-state index in [1.807, 2.05) is 18.2 Å². The average molecular weight is 469 g/mol. The summed E-state index contributed by atoms with van der Waals surface area (Å²) in [6, 6.07) is 11.8. The maximum atomic E-state index is 15.2. The van der Waals surface area contributed by atoms with Crippen molar-refractivity contribution in [2.24, 2.45) is 11.8 Å². The summed E-state index contributed by atoms with van der Waals surface area (Å²) in [5.41, 5.74) is 3.03. The van der Waals surface area contributed by atoms with Crippen LogP contribution in [0.2, 0.25) is 0 Å². The van der Waals surface area contributed by atoms with Gasteiger partial charge in [0.1, 0.15) is 0 Å². The molecule has 2 aromatic rings. The Hall–Kier alpha value is -1.74. The van der Waals surface area contributed by atoms with E-state index in [4.69, 9.17) is 4.74 Å². The zero-order valence-corrected chi connectivity index (χ0v) is 21.3. The topological polar surface area (TPSA) is 9.23 Å². The molecule has 2 fully saturated rings. The van der Waals surface area contributed by atoms with Crippen LogP contribution in [0.5, 0.6) is 0 Å². The Morgan fingerprint density at radius 2 is 1.44 bits per heavy atom. The molecule has 2 aromatic carbocycles. The van der Waals surface area contributed by atoms with Crippen LogP contribution < -0.4 is 0 Å². The van der Waals surface area contributed by atoms with Crippen LogP contribution in [0.15, 0.2) is 36.4 Å². The van der Waals surface area contributed by atoms with Crippen molar-refractivity contribution in [3.05, 3.63) is 59.2 Å². The molecule has 2 saturated carbocycles. The normalized spacial score (nSPS) is 26.4. The minimum absolute atomic E-state index is 0.0966. The van der Waals surface area contributed by atoms with Crippen LogP contribution in [0.3, 0.4) is 0 Å². The Balaban J connectivity index is 1.42. The summed E-state index contributed by atoms with van der Waals surface area (Å²) >= 11 is 0. The SMILES string of the molecule is CCCC1CCC(c2ccc(-c3ccc(C4CCC(C(CC)OC)CC4)c(F)c3F)cc2)CC1. The monoisotopic (exact) mass is 468 g/mol. The smallest absolute Gasteiger partial charge is 0.166 e. The van der Waals surface area contributed by atoms with Gasteiger partial charge in [-0.15, -0.1) is 0 Å². The number of rotatable bonds is 8. The van der Waals surface area contributed by atoms with E-state index in [2.05, 4.69) is 26.0 Å². The molecule has 0 radical (unpaired) electrons. The maximum absolute atomic E-state index is 15.2. The molecule has 0 aromatic heterocycles. The highest BCUT2D eigenvalue weighted by Gasteiger charge is 2.30. The van der Waals surface area contributed by atoms with Gasteiger partial charge in [0.15, 0.2) is 11.6 Å². The highest BCUT2D eigenvalue weighted by atomic mass is 19.2. The third kappa shape index (κ3) is 5.56. The largest absolute Gasteiger partial charge is 0.381 e. The van der Waals surface area contributed by atoms with E-state index in [1.165, 1.54) is 44.1 Å². The minimum atomic E-state index is -0.698. The average Bonchev–Trinajstić information content (AvgIpc) is 2.88. The van der Waals surface area contributed by atoms with Gasteiger partial charge >= 0.3 is 0 Å². The van der Waals surface area contributed by atoms with Crippen molar-refractivity contribution in [2.45, 2.75) is 102 Å². The number of hydrogen-bond acceptors (Lipinski definition) is 1. The Kier molecular flexibility index (Phi) is 8.80. The van der Waals surface area contributed by atoms with Gasteiger partial charge in [0, 0.05) is 12.7 Å². The highest BCUT2D eigenvalue weighted by Crippen LogP contribution is 2.41. The van der Waals surface area contributed by atoms with Crippen LogP contribution in [0.4, 0.5) is 8.78 Å². The Labute approximate surface area is 205 Å². The molecule has 1 nitrogen and oxygen atoms in total. The molecule has 0 spiro atoms. The summed E-state index contributed by atoms with van der Waals surface area (Å²) in [5.74, 6) is 0.762. The molecule has 4 rings (SSSR count). The van der Waals surface area contributed by atoms with Gasteiger partial charge in [-0.1, -0.05) is 63.1 Å². The molecule has 3 heteroatoms. The molecule has 0 aliphatic heterocycles. The second-order valence-corrected chi connectivity index (χ2v) is 10.8. The van der Waals surface area contributed by atoms with Crippen molar-refractivity contribution in [2.75, 3.05) is 7.11 Å². The highest BCUT2D eigenvalue weighted by molar-refractivity contribution is 5.65. The Bertz CT molecular complexity index is 902. The van der Waals surface area contributed by atoms with Crippen LogP contribution >= 0.6 is 0 Å².